The second-order valence-corrected chi connectivity index (χ2v) is 11.1. The Morgan fingerprint density at radius 3 is 2.82 bits per heavy atom. The molecule has 2 aromatic carbocycles. The number of benzene rings is 2. The van der Waals surface area contributed by atoms with Gasteiger partial charge in [0.05, 0.1) is 16.5 Å². The van der Waals surface area contributed by atoms with Crippen LogP contribution in [0.2, 0.25) is 0 Å². The Hall–Kier alpha value is -3.01. The highest BCUT2D eigenvalue weighted by Gasteiger charge is 2.39. The molecule has 9 heteroatoms. The van der Waals surface area contributed by atoms with Crippen LogP contribution >= 0.6 is 15.9 Å². The number of fused-ring (bicyclic) bond motifs is 1. The number of allylic oxidation sites excluding steroid dienone is 1. The summed E-state index contributed by atoms with van der Waals surface area (Å²) in [7, 11) is 0. The summed E-state index contributed by atoms with van der Waals surface area (Å²) in [4.78, 5) is 23.3. The number of nitrogens with one attached hydrogen (secondary N) is 3. The van der Waals surface area contributed by atoms with E-state index in [0.717, 1.165) is 42.1 Å². The monoisotopic (exact) mass is 580 g/mol. The standard InChI is InChI=1S/C29H37BrN6O2/c1-29(2)26-21(6-4-8-25(26)35-28(29)38)16-33-27(31-3)24(30)17-32-19-34-23-11-9-20(10-12-23)22-7-5-13-36(18-22)14-15-37/h4,6,8-12,17,22,33-34,37H,3,5,7,13-16,18-19H2,1-2H3,(H,35,38)/b27-24-,32-17-. The van der Waals surface area contributed by atoms with Crippen LogP contribution in [-0.4, -0.2) is 61.8 Å². The lowest BCUT2D eigenvalue weighted by atomic mass is 9.83. The molecule has 0 bridgehead atoms. The number of carbonyl (C=O) groups is 1. The molecule has 0 aromatic heterocycles. The predicted molar refractivity (Wildman–Crippen MR) is 159 cm³/mol. The lowest BCUT2D eigenvalue weighted by Gasteiger charge is -2.32. The maximum Gasteiger partial charge on any atom is 0.234 e. The Labute approximate surface area is 233 Å². The van der Waals surface area contributed by atoms with Crippen LogP contribution in [0, 0.1) is 0 Å². The summed E-state index contributed by atoms with van der Waals surface area (Å²) in [6.07, 6.45) is 4.06. The number of halogens is 1. The average molecular weight is 582 g/mol. The number of piperidine rings is 1. The fourth-order valence-electron chi connectivity index (χ4n) is 5.25. The van der Waals surface area contributed by atoms with E-state index in [4.69, 9.17) is 0 Å². The van der Waals surface area contributed by atoms with Gasteiger partial charge in [0.25, 0.3) is 0 Å². The van der Waals surface area contributed by atoms with Gasteiger partial charge >= 0.3 is 0 Å². The number of hydrogen-bond donors (Lipinski definition) is 4. The van der Waals surface area contributed by atoms with E-state index in [1.807, 2.05) is 32.0 Å². The number of aliphatic imine (C=N–C) groups is 2. The van der Waals surface area contributed by atoms with Gasteiger partial charge in [0.1, 0.15) is 12.5 Å². The molecule has 1 unspecified atom stereocenters. The first-order valence-corrected chi connectivity index (χ1v) is 13.8. The molecule has 4 N–H and O–H groups in total. The molecule has 4 rings (SSSR count). The number of carbonyl (C=O) groups excluding carboxylic acids is 1. The highest BCUT2D eigenvalue weighted by molar-refractivity contribution is 9.12. The Balaban J connectivity index is 1.30. The fourth-order valence-corrected chi connectivity index (χ4v) is 5.66. The van der Waals surface area contributed by atoms with Gasteiger partial charge in [-0.2, -0.15) is 0 Å². The quantitative estimate of drug-likeness (QED) is 0.291. The number of amides is 1. The van der Waals surface area contributed by atoms with Crippen molar-refractivity contribution >= 4 is 46.1 Å². The molecular weight excluding hydrogens is 544 g/mol. The molecule has 2 aliphatic heterocycles. The number of likely N-dealkylation sites (tertiary alicyclic amines) is 1. The summed E-state index contributed by atoms with van der Waals surface area (Å²) in [5.74, 6) is 1.10. The van der Waals surface area contributed by atoms with Crippen molar-refractivity contribution in [2.45, 2.75) is 44.6 Å². The fraction of sp³-hybridized carbons (Fsp3) is 0.414. The van der Waals surface area contributed by atoms with Crippen LogP contribution in [0.4, 0.5) is 11.4 Å². The molecule has 2 heterocycles. The second-order valence-electron chi connectivity index (χ2n) is 10.3. The molecule has 0 saturated carbocycles. The van der Waals surface area contributed by atoms with Crippen LogP contribution in [0.1, 0.15) is 49.3 Å². The van der Waals surface area contributed by atoms with E-state index in [0.29, 0.717) is 29.4 Å². The molecule has 2 aromatic rings. The first-order chi connectivity index (χ1) is 18.3. The van der Waals surface area contributed by atoms with Gasteiger partial charge in [-0.3, -0.25) is 9.79 Å². The van der Waals surface area contributed by atoms with Gasteiger partial charge in [-0.25, -0.2) is 4.99 Å². The van der Waals surface area contributed by atoms with Crippen molar-refractivity contribution in [3.05, 3.63) is 69.5 Å². The van der Waals surface area contributed by atoms with Crippen molar-refractivity contribution in [1.82, 2.24) is 10.2 Å². The number of anilines is 2. The minimum Gasteiger partial charge on any atom is -0.395 e. The van der Waals surface area contributed by atoms with Gasteiger partial charge in [0.2, 0.25) is 5.91 Å². The maximum atomic E-state index is 12.4. The average Bonchev–Trinajstić information content (AvgIpc) is 3.16. The lowest BCUT2D eigenvalue weighted by Crippen LogP contribution is -2.36. The van der Waals surface area contributed by atoms with Gasteiger partial charge < -0.3 is 26.0 Å². The highest BCUT2D eigenvalue weighted by Crippen LogP contribution is 2.39. The van der Waals surface area contributed by atoms with Crippen LogP contribution in [-0.2, 0) is 16.8 Å². The van der Waals surface area contributed by atoms with E-state index in [-0.39, 0.29) is 12.5 Å². The third kappa shape index (κ3) is 6.51. The lowest BCUT2D eigenvalue weighted by molar-refractivity contribution is -0.119. The van der Waals surface area contributed by atoms with Gasteiger partial charge in [-0.1, -0.05) is 24.3 Å². The van der Waals surface area contributed by atoms with Gasteiger partial charge in [0.15, 0.2) is 0 Å². The van der Waals surface area contributed by atoms with Gasteiger partial charge in [-0.15, -0.1) is 0 Å². The molecule has 1 amide bonds. The predicted octanol–water partition coefficient (Wildman–Crippen LogP) is 4.58. The third-order valence-corrected chi connectivity index (χ3v) is 7.89. The van der Waals surface area contributed by atoms with Crippen molar-refractivity contribution < 1.29 is 9.90 Å². The van der Waals surface area contributed by atoms with E-state index < -0.39 is 5.41 Å². The number of β-amino-alcohol motifs (C(OH)–C–C–N with tert-alkyl or cyclic N) is 1. The van der Waals surface area contributed by atoms with Crippen molar-refractivity contribution in [2.24, 2.45) is 9.98 Å². The minimum atomic E-state index is -0.585. The minimum absolute atomic E-state index is 0.00620. The molecule has 1 saturated heterocycles. The highest BCUT2D eigenvalue weighted by atomic mass is 79.9. The Bertz CT molecular complexity index is 1210. The topological polar surface area (TPSA) is 101 Å². The number of hydrogen-bond acceptors (Lipinski definition) is 7. The molecule has 38 heavy (non-hydrogen) atoms. The van der Waals surface area contributed by atoms with Gasteiger partial charge in [-0.05, 0) is 96.7 Å². The Morgan fingerprint density at radius 1 is 1.29 bits per heavy atom. The first-order valence-electron chi connectivity index (χ1n) is 13.0. The summed E-state index contributed by atoms with van der Waals surface area (Å²) >= 11 is 3.55. The molecule has 1 atom stereocenters. The van der Waals surface area contributed by atoms with Crippen LogP contribution in [0.3, 0.4) is 0 Å². The van der Waals surface area contributed by atoms with Crippen LogP contribution < -0.4 is 16.0 Å². The summed E-state index contributed by atoms with van der Waals surface area (Å²) in [5, 5.41) is 18.8. The summed E-state index contributed by atoms with van der Waals surface area (Å²) < 4.78 is 0.690. The molecule has 2 aliphatic rings. The van der Waals surface area contributed by atoms with E-state index in [1.54, 1.807) is 6.21 Å². The number of nitrogens with zero attached hydrogens (tertiary/aromatic N) is 3. The van der Waals surface area contributed by atoms with Crippen molar-refractivity contribution in [3.8, 4) is 0 Å². The molecule has 0 spiro atoms. The largest absolute Gasteiger partial charge is 0.395 e. The summed E-state index contributed by atoms with van der Waals surface area (Å²) in [6.45, 7) is 11.5. The molecular formula is C29H37BrN6O2. The third-order valence-electron chi connectivity index (χ3n) is 7.31. The van der Waals surface area contributed by atoms with Crippen LogP contribution in [0.15, 0.2) is 62.8 Å². The van der Waals surface area contributed by atoms with E-state index >= 15 is 0 Å². The van der Waals surface area contributed by atoms with E-state index in [2.05, 4.69) is 77.7 Å². The Morgan fingerprint density at radius 2 is 2.08 bits per heavy atom. The zero-order valence-electron chi connectivity index (χ0n) is 22.1. The molecule has 0 radical (unpaired) electrons. The number of aliphatic hydroxyl groups is 1. The molecule has 1 fully saturated rings. The second kappa shape index (κ2) is 12.7. The summed E-state index contributed by atoms with van der Waals surface area (Å²) in [6, 6.07) is 14.5. The van der Waals surface area contributed by atoms with Gasteiger partial charge in [0, 0.05) is 37.2 Å². The van der Waals surface area contributed by atoms with Crippen LogP contribution in [0.5, 0.6) is 0 Å². The molecule has 8 nitrogen and oxygen atoms in total. The molecule has 202 valence electrons. The first kappa shape index (κ1) is 28.0. The number of aliphatic hydroxyl groups excluding tert-OH is 1. The maximum absolute atomic E-state index is 12.4. The zero-order valence-corrected chi connectivity index (χ0v) is 23.7. The molecule has 0 aliphatic carbocycles. The van der Waals surface area contributed by atoms with Crippen molar-refractivity contribution in [1.29, 1.82) is 0 Å². The van der Waals surface area contributed by atoms with Crippen molar-refractivity contribution in [2.75, 3.05) is 43.5 Å². The van der Waals surface area contributed by atoms with Crippen LogP contribution in [0.25, 0.3) is 0 Å². The normalized spacial score (nSPS) is 19.6. The zero-order chi connectivity index (χ0) is 27.1. The van der Waals surface area contributed by atoms with E-state index in [1.165, 1.54) is 18.4 Å². The summed E-state index contributed by atoms with van der Waals surface area (Å²) in [5.41, 5.74) is 4.66. The Kier molecular flexibility index (Phi) is 9.35. The smallest absolute Gasteiger partial charge is 0.234 e. The van der Waals surface area contributed by atoms with Crippen molar-refractivity contribution in [3.63, 3.8) is 0 Å². The number of rotatable bonds is 11. The SMILES string of the molecule is C=N/C(NCc1cccc2c1C(C)(C)C(=O)N2)=C(Br)\C=N/CNc1ccc(C2CCCN(CCO)C2)cc1. The van der Waals surface area contributed by atoms with E-state index in [9.17, 15) is 9.90 Å².